The van der Waals surface area contributed by atoms with E-state index in [1.165, 1.54) is 6.92 Å². The van der Waals surface area contributed by atoms with E-state index < -0.39 is 36.3 Å². The summed E-state index contributed by atoms with van der Waals surface area (Å²) in [6.45, 7) is 14.4. The molecule has 4 saturated carbocycles. The Morgan fingerprint density at radius 1 is 0.917 bits per heavy atom. The normalized spacial score (nSPS) is 39.8. The van der Waals surface area contributed by atoms with Crippen molar-refractivity contribution in [3.05, 3.63) is 35.9 Å². The zero-order valence-corrected chi connectivity index (χ0v) is 36.7. The zero-order valence-electron chi connectivity index (χ0n) is 36.7. The van der Waals surface area contributed by atoms with Crippen LogP contribution in [0.25, 0.3) is 0 Å². The number of carbonyl (C=O) groups is 6. The van der Waals surface area contributed by atoms with Gasteiger partial charge in [0.2, 0.25) is 29.5 Å². The highest BCUT2D eigenvalue weighted by atomic mass is 16.5. The third-order valence-corrected chi connectivity index (χ3v) is 16.3. The second-order valence-corrected chi connectivity index (χ2v) is 20.3. The monoisotopic (exact) mass is 832 g/mol. The molecular formula is C47H69N5O8. The highest BCUT2D eigenvalue weighted by molar-refractivity contribution is 5.94. The van der Waals surface area contributed by atoms with Crippen LogP contribution in [-0.2, 0) is 33.4 Å². The fourth-order valence-corrected chi connectivity index (χ4v) is 13.2. The lowest BCUT2D eigenvalue weighted by Crippen LogP contribution is -2.65. The molecule has 5 bridgehead atoms. The minimum absolute atomic E-state index is 0.0223. The summed E-state index contributed by atoms with van der Waals surface area (Å²) in [4.78, 5) is 79.3. The summed E-state index contributed by atoms with van der Waals surface area (Å²) < 4.78 is 12.7. The van der Waals surface area contributed by atoms with Crippen LogP contribution in [0.15, 0.2) is 30.3 Å². The van der Waals surface area contributed by atoms with Crippen LogP contribution < -0.4 is 26.6 Å². The van der Waals surface area contributed by atoms with Crippen LogP contribution in [0.3, 0.4) is 0 Å². The van der Waals surface area contributed by atoms with Gasteiger partial charge in [-0.2, -0.15) is 0 Å². The van der Waals surface area contributed by atoms with Crippen molar-refractivity contribution in [1.82, 2.24) is 26.6 Å². The maximum absolute atomic E-state index is 14.6. The van der Waals surface area contributed by atoms with Crippen LogP contribution in [0.5, 0.6) is 0 Å². The van der Waals surface area contributed by atoms with Crippen molar-refractivity contribution in [2.45, 2.75) is 149 Å². The molecule has 4 aliphatic carbocycles. The molecule has 60 heavy (non-hydrogen) atoms. The molecular weight excluding hydrogens is 763 g/mol. The summed E-state index contributed by atoms with van der Waals surface area (Å²) >= 11 is 0. The molecule has 3 heterocycles. The Morgan fingerprint density at radius 2 is 1.67 bits per heavy atom. The minimum Gasteiger partial charge on any atom is -0.462 e. The fourth-order valence-electron chi connectivity index (χ4n) is 13.2. The van der Waals surface area contributed by atoms with Crippen molar-refractivity contribution in [3.8, 4) is 0 Å². The Kier molecular flexibility index (Phi) is 13.1. The molecule has 7 fully saturated rings. The summed E-state index contributed by atoms with van der Waals surface area (Å²) in [5, 5.41) is 14.9. The van der Waals surface area contributed by atoms with Gasteiger partial charge >= 0.3 is 5.97 Å². The van der Waals surface area contributed by atoms with Crippen LogP contribution in [-0.4, -0.2) is 85.0 Å². The quantitative estimate of drug-likeness (QED) is 0.185. The van der Waals surface area contributed by atoms with Crippen LogP contribution in [0.4, 0.5) is 0 Å². The van der Waals surface area contributed by atoms with E-state index in [9.17, 15) is 28.8 Å². The predicted octanol–water partition coefficient (Wildman–Crippen LogP) is 4.68. The van der Waals surface area contributed by atoms with E-state index in [2.05, 4.69) is 54.3 Å². The first-order chi connectivity index (χ1) is 28.5. The molecule has 5 amide bonds. The fraction of sp³-hybridized carbons (Fsp3) is 0.745. The maximum Gasteiger partial charge on any atom is 0.338 e. The molecule has 13 nitrogen and oxygen atoms in total. The molecule has 3 saturated heterocycles. The van der Waals surface area contributed by atoms with Crippen LogP contribution in [0, 0.1) is 58.2 Å². The first kappa shape index (κ1) is 44.1. The van der Waals surface area contributed by atoms with E-state index in [1.54, 1.807) is 12.1 Å². The van der Waals surface area contributed by atoms with Gasteiger partial charge in [-0.15, -0.1) is 0 Å². The first-order valence-corrected chi connectivity index (χ1v) is 22.8. The SMILES string of the molecule is CC(=O)N[C@H]1CC(=O)N[C@@H]2CC[C@@]3(C)[C@@H](CC[C@@H]4[C@@H]3C[C@H](NC(=O)[C@H](C(C)C)NC(=O)CNC1=O)[C@]1(C)[C@H]3[C@H](C)[C@@H](CC[C@@H](C)COC(=O)c5ccccc5)O[C@H]3C[C@@H]41)C2. The second kappa shape index (κ2) is 17.8. The van der Waals surface area contributed by atoms with Crippen LogP contribution >= 0.6 is 0 Å². The Bertz CT molecular complexity index is 1790. The molecule has 15 atom stereocenters. The number of amides is 5. The molecule has 0 aromatic heterocycles. The van der Waals surface area contributed by atoms with Crippen LogP contribution in [0.1, 0.15) is 123 Å². The smallest absolute Gasteiger partial charge is 0.338 e. The molecule has 0 radical (unpaired) electrons. The van der Waals surface area contributed by atoms with Crippen molar-refractivity contribution in [1.29, 1.82) is 0 Å². The van der Waals surface area contributed by atoms with E-state index in [0.717, 1.165) is 57.8 Å². The Morgan fingerprint density at radius 3 is 2.38 bits per heavy atom. The van der Waals surface area contributed by atoms with Gasteiger partial charge in [-0.3, -0.25) is 24.0 Å². The topological polar surface area (TPSA) is 181 Å². The third kappa shape index (κ3) is 8.71. The van der Waals surface area contributed by atoms with Crippen molar-refractivity contribution < 1.29 is 38.2 Å². The summed E-state index contributed by atoms with van der Waals surface area (Å²) in [5.41, 5.74) is 0.337. The van der Waals surface area contributed by atoms with Gasteiger partial charge in [-0.1, -0.05) is 59.7 Å². The molecule has 330 valence electrons. The van der Waals surface area contributed by atoms with Gasteiger partial charge in [-0.05, 0) is 128 Å². The second-order valence-electron chi connectivity index (χ2n) is 20.3. The number of nitrogens with one attached hydrogen (secondary N) is 5. The summed E-state index contributed by atoms with van der Waals surface area (Å²) in [7, 11) is 0. The number of ether oxygens (including phenoxy) is 2. The van der Waals surface area contributed by atoms with Crippen molar-refractivity contribution in [3.63, 3.8) is 0 Å². The van der Waals surface area contributed by atoms with Gasteiger partial charge in [-0.25, -0.2) is 4.79 Å². The predicted molar refractivity (Wildman–Crippen MR) is 225 cm³/mol. The van der Waals surface area contributed by atoms with E-state index in [4.69, 9.17) is 9.47 Å². The minimum atomic E-state index is -1.14. The van der Waals surface area contributed by atoms with E-state index >= 15 is 0 Å². The third-order valence-electron chi connectivity index (χ3n) is 16.3. The average molecular weight is 832 g/mol. The van der Waals surface area contributed by atoms with E-state index in [0.29, 0.717) is 35.8 Å². The molecule has 1 aromatic rings. The lowest BCUT2D eigenvalue weighted by atomic mass is 9.43. The average Bonchev–Trinajstić information content (AvgIpc) is 3.69. The lowest BCUT2D eigenvalue weighted by Gasteiger charge is -2.63. The number of hydrogen-bond acceptors (Lipinski definition) is 8. The van der Waals surface area contributed by atoms with Gasteiger partial charge in [0, 0.05) is 19.0 Å². The zero-order chi connectivity index (χ0) is 43.1. The number of fused-ring (bicyclic) bond motifs is 16. The number of rotatable bonds is 8. The molecule has 3 aliphatic heterocycles. The van der Waals surface area contributed by atoms with Crippen molar-refractivity contribution >= 4 is 35.5 Å². The summed E-state index contributed by atoms with van der Waals surface area (Å²) in [5.74, 6) is -0.395. The Labute approximate surface area is 355 Å². The summed E-state index contributed by atoms with van der Waals surface area (Å²) in [6, 6.07) is 6.93. The highest BCUT2D eigenvalue weighted by Crippen LogP contribution is 2.70. The van der Waals surface area contributed by atoms with Gasteiger partial charge in [0.1, 0.15) is 12.1 Å². The Hall–Kier alpha value is -4.00. The number of carbonyl (C=O) groups excluding carboxylic acids is 6. The molecule has 7 aliphatic rings. The lowest BCUT2D eigenvalue weighted by molar-refractivity contribution is -0.145. The van der Waals surface area contributed by atoms with Crippen molar-refractivity contribution in [2.75, 3.05) is 13.2 Å². The maximum atomic E-state index is 14.6. The van der Waals surface area contributed by atoms with Crippen LogP contribution in [0.2, 0.25) is 0 Å². The summed E-state index contributed by atoms with van der Waals surface area (Å²) in [6.07, 6.45) is 8.25. The molecule has 13 heteroatoms. The molecule has 0 spiro atoms. The molecule has 8 rings (SSSR count). The molecule has 5 N–H and O–H groups in total. The largest absolute Gasteiger partial charge is 0.462 e. The van der Waals surface area contributed by atoms with Gasteiger partial charge in [0.25, 0.3) is 0 Å². The Balaban J connectivity index is 1.12. The molecule has 0 unspecified atom stereocenters. The number of hydrogen-bond donors (Lipinski definition) is 5. The highest BCUT2D eigenvalue weighted by Gasteiger charge is 2.69. The number of benzene rings is 1. The standard InChI is InChI=1S/C47H69N5O8/c1-25(2)42-44(57)51-38-21-33-32(15-14-30-19-31(17-18-46(30,33)6)50-39(54)22-35(49-28(5)53)43(56)48-23-40(55)52-42)34-20-37-41(47(34,38)7)27(4)36(60-37)16-13-26(3)24-59-45(58)29-11-9-8-10-12-29/h8-12,25-27,30-38,41-42H,13-24H2,1-7H3,(H,48,56)(H,49,53)(H,50,54)(H,51,57)(H,52,55)/t26-,27-,30+,31-,32-,33+,34+,35+,36-,37+,38+,41+,42+,46+,47-/m1/s1. The van der Waals surface area contributed by atoms with E-state index in [-0.39, 0.29) is 83.0 Å². The van der Waals surface area contributed by atoms with E-state index in [1.807, 2.05) is 32.0 Å². The number of esters is 1. The van der Waals surface area contributed by atoms with Gasteiger partial charge in [0.05, 0.1) is 37.3 Å². The van der Waals surface area contributed by atoms with Gasteiger partial charge < -0.3 is 36.1 Å². The van der Waals surface area contributed by atoms with Gasteiger partial charge in [0.15, 0.2) is 0 Å². The first-order valence-electron chi connectivity index (χ1n) is 22.8. The van der Waals surface area contributed by atoms with Crippen molar-refractivity contribution in [2.24, 2.45) is 58.2 Å². The molecule has 1 aromatic carbocycles.